The number of hydrogen-bond donors (Lipinski definition) is 2. The molecule has 20 heavy (non-hydrogen) atoms. The van der Waals surface area contributed by atoms with Crippen molar-refractivity contribution in [3.63, 3.8) is 0 Å². The second-order valence-corrected chi connectivity index (χ2v) is 5.82. The van der Waals surface area contributed by atoms with E-state index in [0.29, 0.717) is 5.75 Å². The number of halogens is 4. The second-order valence-electron chi connectivity index (χ2n) is 5.07. The van der Waals surface area contributed by atoms with Gasteiger partial charge in [0.05, 0.1) is 11.3 Å². The average Bonchev–Trinajstić information content (AvgIpc) is 3.10. The van der Waals surface area contributed by atoms with Gasteiger partial charge in [-0.3, -0.25) is 4.79 Å². The molecule has 2 nitrogen and oxygen atoms in total. The quantitative estimate of drug-likeness (QED) is 0.790. The van der Waals surface area contributed by atoms with Crippen LogP contribution in [0.4, 0.5) is 18.9 Å². The summed E-state index contributed by atoms with van der Waals surface area (Å²) < 4.78 is 38.6. The summed E-state index contributed by atoms with van der Waals surface area (Å²) in [5.41, 5.74) is -1.34. The summed E-state index contributed by atoms with van der Waals surface area (Å²) in [6.07, 6.45) is -2.60. The molecule has 0 aliphatic heterocycles. The summed E-state index contributed by atoms with van der Waals surface area (Å²) in [5, 5.41) is 2.30. The standard InChI is InChI=1S/C13H13ClF3NOS/c14-8-1-2-10(9(5-8)13(15,16)17)18-11(19)6-12(7-20)3-4-12/h1-2,5,20H,3-4,6-7H2,(H,18,19). The van der Waals surface area contributed by atoms with Crippen LogP contribution < -0.4 is 5.32 Å². The normalized spacial score (nSPS) is 16.9. The molecule has 1 aromatic rings. The SMILES string of the molecule is O=C(CC1(CS)CC1)Nc1ccc(Cl)cc1C(F)(F)F. The summed E-state index contributed by atoms with van der Waals surface area (Å²) in [5.74, 6) is 0.136. The number of carbonyl (C=O) groups excluding carboxylic acids is 1. The van der Waals surface area contributed by atoms with Crippen molar-refractivity contribution in [1.29, 1.82) is 0 Å². The molecule has 0 unspecified atom stereocenters. The number of amides is 1. The Labute approximate surface area is 125 Å². The topological polar surface area (TPSA) is 29.1 Å². The van der Waals surface area contributed by atoms with Gasteiger partial charge in [0, 0.05) is 11.4 Å². The number of anilines is 1. The first-order valence-electron chi connectivity index (χ1n) is 6.03. The Morgan fingerprint density at radius 1 is 1.40 bits per heavy atom. The van der Waals surface area contributed by atoms with Crippen molar-refractivity contribution in [1.82, 2.24) is 0 Å². The molecule has 0 bridgehead atoms. The Bertz CT molecular complexity index is 529. The monoisotopic (exact) mass is 323 g/mol. The zero-order valence-corrected chi connectivity index (χ0v) is 12.1. The number of hydrogen-bond acceptors (Lipinski definition) is 2. The molecule has 0 saturated heterocycles. The predicted molar refractivity (Wildman–Crippen MR) is 75.2 cm³/mol. The van der Waals surface area contributed by atoms with Crippen molar-refractivity contribution in [2.75, 3.05) is 11.1 Å². The smallest absolute Gasteiger partial charge is 0.325 e. The van der Waals surface area contributed by atoms with Crippen molar-refractivity contribution in [3.8, 4) is 0 Å². The van der Waals surface area contributed by atoms with Gasteiger partial charge in [-0.2, -0.15) is 25.8 Å². The number of thiol groups is 1. The third-order valence-corrected chi connectivity index (χ3v) is 4.30. The fraction of sp³-hybridized carbons (Fsp3) is 0.462. The lowest BCUT2D eigenvalue weighted by Crippen LogP contribution is -2.20. The highest BCUT2D eigenvalue weighted by Gasteiger charge is 2.43. The van der Waals surface area contributed by atoms with Crippen LogP contribution in [0.1, 0.15) is 24.8 Å². The van der Waals surface area contributed by atoms with Gasteiger partial charge < -0.3 is 5.32 Å². The maximum absolute atomic E-state index is 12.9. The van der Waals surface area contributed by atoms with Crippen LogP contribution >= 0.6 is 24.2 Å². The molecule has 110 valence electrons. The van der Waals surface area contributed by atoms with E-state index < -0.39 is 17.6 Å². The molecule has 1 fully saturated rings. The summed E-state index contributed by atoms with van der Waals surface area (Å²) in [6.45, 7) is 0. The van der Waals surface area contributed by atoms with Gasteiger partial charge in [-0.25, -0.2) is 0 Å². The van der Waals surface area contributed by atoms with E-state index in [2.05, 4.69) is 17.9 Å². The molecule has 0 radical (unpaired) electrons. The van der Waals surface area contributed by atoms with Crippen molar-refractivity contribution in [2.45, 2.75) is 25.4 Å². The van der Waals surface area contributed by atoms with E-state index in [1.807, 2.05) is 0 Å². The highest BCUT2D eigenvalue weighted by atomic mass is 35.5. The molecule has 0 heterocycles. The third kappa shape index (κ3) is 3.61. The van der Waals surface area contributed by atoms with Crippen LogP contribution in [-0.4, -0.2) is 11.7 Å². The Kier molecular flexibility index (Phi) is 4.25. The largest absolute Gasteiger partial charge is 0.418 e. The zero-order chi connectivity index (χ0) is 15.0. The lowest BCUT2D eigenvalue weighted by atomic mass is 10.0. The Hall–Kier alpha value is -0.880. The van der Waals surface area contributed by atoms with Gasteiger partial charge in [-0.1, -0.05) is 11.6 Å². The van der Waals surface area contributed by atoms with Crippen molar-refractivity contribution < 1.29 is 18.0 Å². The van der Waals surface area contributed by atoms with E-state index in [-0.39, 0.29) is 22.5 Å². The van der Waals surface area contributed by atoms with Gasteiger partial charge >= 0.3 is 6.18 Å². The van der Waals surface area contributed by atoms with Crippen LogP contribution in [-0.2, 0) is 11.0 Å². The summed E-state index contributed by atoms with van der Waals surface area (Å²) in [7, 11) is 0. The van der Waals surface area contributed by atoms with Crippen LogP contribution in [0.5, 0.6) is 0 Å². The zero-order valence-electron chi connectivity index (χ0n) is 10.4. The fourth-order valence-electron chi connectivity index (χ4n) is 1.96. The van der Waals surface area contributed by atoms with Gasteiger partial charge in [0.15, 0.2) is 0 Å². The fourth-order valence-corrected chi connectivity index (χ4v) is 2.56. The first kappa shape index (κ1) is 15.5. The van der Waals surface area contributed by atoms with Gasteiger partial charge in [0.25, 0.3) is 0 Å². The number of alkyl halides is 3. The Morgan fingerprint density at radius 3 is 2.55 bits per heavy atom. The maximum atomic E-state index is 12.9. The number of benzene rings is 1. The first-order valence-corrected chi connectivity index (χ1v) is 7.04. The number of rotatable bonds is 4. The molecule has 1 N–H and O–H groups in total. The average molecular weight is 324 g/mol. The lowest BCUT2D eigenvalue weighted by Gasteiger charge is -2.16. The van der Waals surface area contributed by atoms with Crippen molar-refractivity contribution in [2.24, 2.45) is 5.41 Å². The maximum Gasteiger partial charge on any atom is 0.418 e. The molecule has 1 aliphatic rings. The van der Waals surface area contributed by atoms with Crippen LogP contribution in [0.2, 0.25) is 5.02 Å². The number of carbonyl (C=O) groups is 1. The molecular weight excluding hydrogens is 311 g/mol. The van der Waals surface area contributed by atoms with E-state index in [1.54, 1.807) is 0 Å². The highest BCUT2D eigenvalue weighted by molar-refractivity contribution is 7.80. The molecule has 1 aromatic carbocycles. The van der Waals surface area contributed by atoms with E-state index in [9.17, 15) is 18.0 Å². The first-order chi connectivity index (χ1) is 9.26. The molecule has 0 aromatic heterocycles. The summed E-state index contributed by atoms with van der Waals surface area (Å²) in [6, 6.07) is 3.30. The summed E-state index contributed by atoms with van der Waals surface area (Å²) >= 11 is 9.74. The Morgan fingerprint density at radius 2 is 2.05 bits per heavy atom. The van der Waals surface area contributed by atoms with Crippen LogP contribution in [0, 0.1) is 5.41 Å². The minimum absolute atomic E-state index is 0.0238. The van der Waals surface area contributed by atoms with E-state index in [0.717, 1.165) is 18.9 Å². The molecule has 2 rings (SSSR count). The van der Waals surface area contributed by atoms with Gasteiger partial charge in [0.1, 0.15) is 0 Å². The lowest BCUT2D eigenvalue weighted by molar-refractivity contribution is -0.137. The minimum Gasteiger partial charge on any atom is -0.325 e. The minimum atomic E-state index is -4.56. The van der Waals surface area contributed by atoms with E-state index in [1.165, 1.54) is 12.1 Å². The van der Waals surface area contributed by atoms with Crippen molar-refractivity contribution in [3.05, 3.63) is 28.8 Å². The van der Waals surface area contributed by atoms with Gasteiger partial charge in [0.2, 0.25) is 5.91 Å². The van der Waals surface area contributed by atoms with Crippen LogP contribution in [0.3, 0.4) is 0 Å². The van der Waals surface area contributed by atoms with E-state index in [4.69, 9.17) is 11.6 Å². The molecule has 0 spiro atoms. The predicted octanol–water partition coefficient (Wildman–Crippen LogP) is 4.40. The van der Waals surface area contributed by atoms with Crippen LogP contribution in [0.15, 0.2) is 18.2 Å². The molecular formula is C13H13ClF3NOS. The molecule has 1 aliphatic carbocycles. The number of nitrogens with one attached hydrogen (secondary N) is 1. The Balaban J connectivity index is 2.15. The van der Waals surface area contributed by atoms with E-state index >= 15 is 0 Å². The molecule has 7 heteroatoms. The molecule has 1 amide bonds. The van der Waals surface area contributed by atoms with Gasteiger partial charge in [-0.05, 0) is 42.2 Å². The second kappa shape index (κ2) is 5.48. The third-order valence-electron chi connectivity index (χ3n) is 3.39. The summed E-state index contributed by atoms with van der Waals surface area (Å²) in [4.78, 5) is 11.8. The van der Waals surface area contributed by atoms with Crippen LogP contribution in [0.25, 0.3) is 0 Å². The highest BCUT2D eigenvalue weighted by Crippen LogP contribution is 2.49. The van der Waals surface area contributed by atoms with Gasteiger partial charge in [-0.15, -0.1) is 0 Å². The molecule has 0 atom stereocenters. The van der Waals surface area contributed by atoms with Crippen molar-refractivity contribution >= 4 is 35.8 Å². The molecule has 1 saturated carbocycles.